The molecule has 2 fully saturated rings. The van der Waals surface area contributed by atoms with E-state index < -0.39 is 11.7 Å². The van der Waals surface area contributed by atoms with Gasteiger partial charge in [0.25, 0.3) is 0 Å². The first kappa shape index (κ1) is 15.0. The molecule has 1 N–H and O–H groups in total. The molecule has 0 radical (unpaired) electrons. The van der Waals surface area contributed by atoms with E-state index in [1.807, 2.05) is 0 Å². The van der Waals surface area contributed by atoms with Crippen LogP contribution >= 0.6 is 11.6 Å². The van der Waals surface area contributed by atoms with Crippen LogP contribution in [-0.2, 0) is 6.18 Å². The van der Waals surface area contributed by atoms with Crippen LogP contribution in [0.15, 0.2) is 18.2 Å². The molecular formula is C15H17ClF3NO. The molecule has 1 aliphatic carbocycles. The molecule has 1 aromatic rings. The number of benzene rings is 1. The molecule has 2 nitrogen and oxygen atoms in total. The van der Waals surface area contributed by atoms with Crippen LogP contribution in [0.1, 0.15) is 24.8 Å². The van der Waals surface area contributed by atoms with Gasteiger partial charge in [0.1, 0.15) is 17.4 Å². The first-order valence-corrected chi connectivity index (χ1v) is 7.57. The summed E-state index contributed by atoms with van der Waals surface area (Å²) in [5.74, 6) is 0.506. The average molecular weight is 320 g/mol. The van der Waals surface area contributed by atoms with E-state index in [0.717, 1.165) is 32.4 Å². The fraction of sp³-hybridized carbons (Fsp3) is 0.600. The molecule has 2 atom stereocenters. The van der Waals surface area contributed by atoms with Crippen LogP contribution in [0.25, 0.3) is 0 Å². The Kier molecular flexibility index (Phi) is 4.06. The highest BCUT2D eigenvalue weighted by Gasteiger charge is 2.42. The van der Waals surface area contributed by atoms with Gasteiger partial charge in [-0.3, -0.25) is 0 Å². The minimum atomic E-state index is -4.50. The molecule has 1 heterocycles. The molecule has 0 aromatic heterocycles. The zero-order valence-corrected chi connectivity index (χ0v) is 12.2. The van der Waals surface area contributed by atoms with E-state index in [2.05, 4.69) is 5.32 Å². The van der Waals surface area contributed by atoms with E-state index in [1.54, 1.807) is 0 Å². The zero-order chi connectivity index (χ0) is 15.0. The van der Waals surface area contributed by atoms with Crippen molar-refractivity contribution in [1.82, 2.24) is 5.32 Å². The van der Waals surface area contributed by atoms with E-state index in [9.17, 15) is 13.2 Å². The van der Waals surface area contributed by atoms with Crippen molar-refractivity contribution in [2.24, 2.45) is 11.8 Å². The van der Waals surface area contributed by atoms with Crippen LogP contribution in [0.2, 0.25) is 5.02 Å². The molecule has 1 aliphatic heterocycles. The lowest BCUT2D eigenvalue weighted by Gasteiger charge is -2.26. The first-order chi connectivity index (χ1) is 9.97. The fourth-order valence-electron chi connectivity index (χ4n) is 2.98. The maximum Gasteiger partial charge on any atom is 0.421 e. The van der Waals surface area contributed by atoms with Gasteiger partial charge in [0.15, 0.2) is 0 Å². The van der Waals surface area contributed by atoms with Crippen molar-refractivity contribution in [3.63, 3.8) is 0 Å². The Morgan fingerprint density at radius 2 is 1.95 bits per heavy atom. The monoisotopic (exact) mass is 319 g/mol. The Hall–Kier alpha value is -0.940. The van der Waals surface area contributed by atoms with Gasteiger partial charge < -0.3 is 10.1 Å². The van der Waals surface area contributed by atoms with Gasteiger partial charge in [0.05, 0.1) is 5.02 Å². The van der Waals surface area contributed by atoms with Crippen LogP contribution < -0.4 is 10.1 Å². The maximum absolute atomic E-state index is 13.2. The zero-order valence-electron chi connectivity index (χ0n) is 11.4. The van der Waals surface area contributed by atoms with Gasteiger partial charge in [-0.25, -0.2) is 0 Å². The maximum atomic E-state index is 13.2. The third-order valence-electron chi connectivity index (χ3n) is 4.17. The lowest BCUT2D eigenvalue weighted by atomic mass is 9.97. The normalized spacial score (nSPS) is 24.1. The average Bonchev–Trinajstić information content (AvgIpc) is 3.09. The van der Waals surface area contributed by atoms with Gasteiger partial charge >= 0.3 is 6.18 Å². The number of alkyl halides is 3. The minimum Gasteiger partial charge on any atom is -0.489 e. The molecular weight excluding hydrogens is 303 g/mol. The van der Waals surface area contributed by atoms with Crippen molar-refractivity contribution in [1.29, 1.82) is 0 Å². The molecule has 0 amide bonds. The molecule has 1 aromatic carbocycles. The summed E-state index contributed by atoms with van der Waals surface area (Å²) in [4.78, 5) is 0. The number of rotatable bonds is 4. The second-order valence-corrected chi connectivity index (χ2v) is 6.19. The molecule has 0 unspecified atom stereocenters. The highest BCUT2D eigenvalue weighted by Crippen LogP contribution is 2.44. The molecule has 21 heavy (non-hydrogen) atoms. The highest BCUT2D eigenvalue weighted by molar-refractivity contribution is 6.31. The molecule has 116 valence electrons. The summed E-state index contributed by atoms with van der Waals surface area (Å²) < 4.78 is 45.3. The summed E-state index contributed by atoms with van der Waals surface area (Å²) in [6, 6.07) is 4.12. The molecule has 2 aliphatic rings. The van der Waals surface area contributed by atoms with Crippen molar-refractivity contribution in [3.8, 4) is 5.75 Å². The first-order valence-electron chi connectivity index (χ1n) is 7.20. The lowest BCUT2D eigenvalue weighted by molar-refractivity contribution is -0.139. The second-order valence-electron chi connectivity index (χ2n) is 5.78. The topological polar surface area (TPSA) is 21.3 Å². The van der Waals surface area contributed by atoms with Gasteiger partial charge in [-0.05, 0) is 43.9 Å². The number of hydrogen-bond acceptors (Lipinski definition) is 2. The second kappa shape index (κ2) is 5.69. The number of ether oxygens (including phenoxy) is 1. The Labute approximate surface area is 126 Å². The SMILES string of the molecule is FC(F)(F)c1c(Cl)cccc1O[C@H](C1CC1)[C@H]1CCNC1. The van der Waals surface area contributed by atoms with Crippen LogP contribution in [-0.4, -0.2) is 19.2 Å². The van der Waals surface area contributed by atoms with E-state index in [1.165, 1.54) is 18.2 Å². The van der Waals surface area contributed by atoms with Gasteiger partial charge in [-0.15, -0.1) is 0 Å². The minimum absolute atomic E-state index is 0.140. The van der Waals surface area contributed by atoms with Crippen molar-refractivity contribution < 1.29 is 17.9 Å². The van der Waals surface area contributed by atoms with Gasteiger partial charge in [-0.1, -0.05) is 17.7 Å². The predicted molar refractivity (Wildman–Crippen MR) is 74.6 cm³/mol. The van der Waals surface area contributed by atoms with E-state index in [-0.39, 0.29) is 22.8 Å². The Bertz CT molecular complexity index is 510. The van der Waals surface area contributed by atoms with Crippen LogP contribution in [0.5, 0.6) is 5.75 Å². The molecule has 1 saturated carbocycles. The molecule has 3 rings (SSSR count). The van der Waals surface area contributed by atoms with Crippen molar-refractivity contribution >= 4 is 11.6 Å². The largest absolute Gasteiger partial charge is 0.489 e. The van der Waals surface area contributed by atoms with Gasteiger partial charge in [0.2, 0.25) is 0 Å². The smallest absolute Gasteiger partial charge is 0.421 e. The molecule has 0 bridgehead atoms. The fourth-order valence-corrected chi connectivity index (χ4v) is 3.26. The summed E-state index contributed by atoms with van der Waals surface area (Å²) in [6.45, 7) is 1.71. The summed E-state index contributed by atoms with van der Waals surface area (Å²) in [5.41, 5.74) is -0.858. The van der Waals surface area contributed by atoms with Crippen LogP contribution in [0.4, 0.5) is 13.2 Å². The van der Waals surface area contributed by atoms with Crippen molar-refractivity contribution in [2.75, 3.05) is 13.1 Å². The number of nitrogens with one attached hydrogen (secondary N) is 1. The standard InChI is InChI=1S/C15H17ClF3NO/c16-11-2-1-3-12(13(11)15(17,18)19)21-14(9-4-5-9)10-6-7-20-8-10/h1-3,9-10,14,20H,4-8H2/t10-,14+/m0/s1. The van der Waals surface area contributed by atoms with Crippen LogP contribution in [0.3, 0.4) is 0 Å². The van der Waals surface area contributed by atoms with Gasteiger partial charge in [-0.2, -0.15) is 13.2 Å². The Morgan fingerprint density at radius 3 is 2.52 bits per heavy atom. The van der Waals surface area contributed by atoms with E-state index in [4.69, 9.17) is 16.3 Å². The highest BCUT2D eigenvalue weighted by atomic mass is 35.5. The summed E-state index contributed by atoms with van der Waals surface area (Å²) in [7, 11) is 0. The summed E-state index contributed by atoms with van der Waals surface area (Å²) in [6.07, 6.45) is -1.65. The number of hydrogen-bond donors (Lipinski definition) is 1. The summed E-state index contributed by atoms with van der Waals surface area (Å²) >= 11 is 5.74. The third-order valence-corrected chi connectivity index (χ3v) is 4.49. The van der Waals surface area contributed by atoms with Gasteiger partial charge in [0, 0.05) is 12.5 Å². The van der Waals surface area contributed by atoms with E-state index >= 15 is 0 Å². The Balaban J connectivity index is 1.87. The van der Waals surface area contributed by atoms with Crippen molar-refractivity contribution in [2.45, 2.75) is 31.5 Å². The van der Waals surface area contributed by atoms with E-state index in [0.29, 0.717) is 5.92 Å². The predicted octanol–water partition coefficient (Wildman–Crippen LogP) is 4.13. The van der Waals surface area contributed by atoms with Crippen molar-refractivity contribution in [3.05, 3.63) is 28.8 Å². The Morgan fingerprint density at radius 1 is 1.19 bits per heavy atom. The lowest BCUT2D eigenvalue weighted by Crippen LogP contribution is -2.31. The molecule has 1 saturated heterocycles. The number of halogens is 4. The molecule has 0 spiro atoms. The summed E-state index contributed by atoms with van der Waals surface area (Å²) in [5, 5.41) is 2.94. The van der Waals surface area contributed by atoms with Crippen LogP contribution in [0, 0.1) is 11.8 Å². The quantitative estimate of drug-likeness (QED) is 0.901. The molecule has 6 heteroatoms. The third kappa shape index (κ3) is 3.29.